The molecular formula is C7H16LiN. The van der Waals surface area contributed by atoms with Crippen LogP contribution >= 0.6 is 0 Å². The van der Waals surface area contributed by atoms with Crippen LogP contribution in [0.1, 0.15) is 19.8 Å². The molecule has 1 heterocycles. The van der Waals surface area contributed by atoms with E-state index in [1.54, 1.807) is 0 Å². The summed E-state index contributed by atoms with van der Waals surface area (Å²) < 4.78 is 0. The van der Waals surface area contributed by atoms with E-state index in [0.717, 1.165) is 5.92 Å². The number of likely N-dealkylation sites (tertiary alicyclic amines) is 1. The van der Waals surface area contributed by atoms with Gasteiger partial charge < -0.3 is 4.90 Å². The molecule has 0 aromatic carbocycles. The van der Waals surface area contributed by atoms with E-state index in [-0.39, 0.29) is 18.9 Å². The quantitative estimate of drug-likeness (QED) is 0.426. The van der Waals surface area contributed by atoms with Gasteiger partial charge in [-0.25, -0.2) is 0 Å². The van der Waals surface area contributed by atoms with Gasteiger partial charge in [-0.2, -0.15) is 0 Å². The molecule has 1 unspecified atom stereocenters. The molecule has 50 valence electrons. The predicted molar refractivity (Wildman–Crippen MR) is 43.0 cm³/mol. The van der Waals surface area contributed by atoms with Gasteiger partial charge in [0.2, 0.25) is 0 Å². The Hall–Kier alpha value is 0.557. The topological polar surface area (TPSA) is 3.24 Å². The summed E-state index contributed by atoms with van der Waals surface area (Å²) in [6, 6.07) is 0. The maximum atomic E-state index is 2.41. The number of piperidine rings is 1. The van der Waals surface area contributed by atoms with Crippen molar-refractivity contribution in [2.45, 2.75) is 19.8 Å². The first-order valence-electron chi connectivity index (χ1n) is 3.47. The molecule has 1 aliphatic heterocycles. The van der Waals surface area contributed by atoms with Crippen molar-refractivity contribution >= 4 is 18.9 Å². The van der Waals surface area contributed by atoms with Crippen molar-refractivity contribution < 1.29 is 0 Å². The number of hydrogen-bond acceptors (Lipinski definition) is 1. The molecule has 2 heteroatoms. The molecule has 1 saturated heterocycles. The van der Waals surface area contributed by atoms with Gasteiger partial charge in [-0.05, 0) is 32.4 Å². The van der Waals surface area contributed by atoms with Gasteiger partial charge in [-0.3, -0.25) is 0 Å². The minimum atomic E-state index is 0. The maximum absolute atomic E-state index is 2.41. The summed E-state index contributed by atoms with van der Waals surface area (Å²) in [6.07, 6.45) is 2.84. The van der Waals surface area contributed by atoms with Crippen molar-refractivity contribution in [3.05, 3.63) is 0 Å². The van der Waals surface area contributed by atoms with Crippen LogP contribution in [0.15, 0.2) is 0 Å². The van der Waals surface area contributed by atoms with Crippen LogP contribution in [0.2, 0.25) is 0 Å². The molecule has 0 aromatic heterocycles. The van der Waals surface area contributed by atoms with Gasteiger partial charge in [0.05, 0.1) is 0 Å². The van der Waals surface area contributed by atoms with Gasteiger partial charge >= 0.3 is 18.9 Å². The monoisotopic (exact) mass is 121 g/mol. The first-order valence-corrected chi connectivity index (χ1v) is 3.47. The molecule has 1 rings (SSSR count). The summed E-state index contributed by atoms with van der Waals surface area (Å²) in [6.45, 7) is 4.94. The van der Waals surface area contributed by atoms with E-state index in [4.69, 9.17) is 0 Å². The van der Waals surface area contributed by atoms with Gasteiger partial charge in [0.1, 0.15) is 0 Å². The Morgan fingerprint density at radius 3 is 2.44 bits per heavy atom. The predicted octanol–water partition coefficient (Wildman–Crippen LogP) is 0.700. The molecule has 0 radical (unpaired) electrons. The van der Waals surface area contributed by atoms with Gasteiger partial charge in [0, 0.05) is 6.54 Å². The van der Waals surface area contributed by atoms with Crippen LogP contribution in [-0.2, 0) is 0 Å². The van der Waals surface area contributed by atoms with E-state index < -0.39 is 0 Å². The fraction of sp³-hybridized carbons (Fsp3) is 1.00. The van der Waals surface area contributed by atoms with Crippen LogP contribution in [0.4, 0.5) is 0 Å². The van der Waals surface area contributed by atoms with E-state index in [1.165, 1.54) is 25.9 Å². The molecule has 0 N–H and O–H groups in total. The van der Waals surface area contributed by atoms with Gasteiger partial charge in [-0.15, -0.1) is 0 Å². The van der Waals surface area contributed by atoms with Crippen molar-refractivity contribution in [3.63, 3.8) is 0 Å². The van der Waals surface area contributed by atoms with Crippen molar-refractivity contribution in [1.29, 1.82) is 0 Å². The van der Waals surface area contributed by atoms with Crippen LogP contribution in [0, 0.1) is 5.92 Å². The molecule has 0 saturated carbocycles. The van der Waals surface area contributed by atoms with Crippen LogP contribution in [-0.4, -0.2) is 43.9 Å². The second-order valence-corrected chi connectivity index (χ2v) is 3.01. The normalized spacial score (nSPS) is 29.3. The van der Waals surface area contributed by atoms with Crippen LogP contribution < -0.4 is 0 Å². The van der Waals surface area contributed by atoms with Gasteiger partial charge in [0.25, 0.3) is 0 Å². The van der Waals surface area contributed by atoms with Crippen molar-refractivity contribution in [3.8, 4) is 0 Å². The zero-order valence-corrected chi connectivity index (χ0v) is 5.85. The second-order valence-electron chi connectivity index (χ2n) is 3.01. The SMILES string of the molecule is CC1CCCN(C)C1.[LiH]. The fourth-order valence-corrected chi connectivity index (χ4v) is 1.42. The van der Waals surface area contributed by atoms with Crippen LogP contribution in [0.3, 0.4) is 0 Å². The summed E-state index contributed by atoms with van der Waals surface area (Å²) in [5, 5.41) is 0. The Kier molecular flexibility index (Phi) is 4.66. The third-order valence-electron chi connectivity index (χ3n) is 1.86. The van der Waals surface area contributed by atoms with Gasteiger partial charge in [0.15, 0.2) is 0 Å². The van der Waals surface area contributed by atoms with Crippen molar-refractivity contribution in [2.24, 2.45) is 5.92 Å². The summed E-state index contributed by atoms with van der Waals surface area (Å²) in [5.74, 6) is 0.939. The molecule has 0 aromatic rings. The third-order valence-corrected chi connectivity index (χ3v) is 1.86. The van der Waals surface area contributed by atoms with Crippen molar-refractivity contribution in [2.75, 3.05) is 20.1 Å². The molecule has 0 bridgehead atoms. The summed E-state index contributed by atoms with van der Waals surface area (Å²) in [4.78, 5) is 2.41. The van der Waals surface area contributed by atoms with E-state index in [0.29, 0.717) is 0 Å². The third kappa shape index (κ3) is 3.30. The minimum absolute atomic E-state index is 0. The average molecular weight is 121 g/mol. The number of nitrogens with zero attached hydrogens (tertiary/aromatic N) is 1. The molecule has 0 aliphatic carbocycles. The molecule has 0 spiro atoms. The number of hydrogen-bond donors (Lipinski definition) is 0. The van der Waals surface area contributed by atoms with Gasteiger partial charge in [-0.1, -0.05) is 6.92 Å². The Morgan fingerprint density at radius 2 is 2.11 bits per heavy atom. The standard InChI is InChI=1S/C7H15N.Li.H/c1-7-4-3-5-8(2)6-7;;/h7H,3-6H2,1-2H3;;. The number of rotatable bonds is 0. The Morgan fingerprint density at radius 1 is 1.44 bits per heavy atom. The Bertz CT molecular complexity index is 67.3. The summed E-state index contributed by atoms with van der Waals surface area (Å²) in [7, 11) is 2.20. The van der Waals surface area contributed by atoms with E-state index in [1.807, 2.05) is 0 Å². The molecule has 1 atom stereocenters. The molecule has 9 heavy (non-hydrogen) atoms. The van der Waals surface area contributed by atoms with Crippen LogP contribution in [0.25, 0.3) is 0 Å². The Balaban J connectivity index is 0.000000640. The van der Waals surface area contributed by atoms with Crippen LogP contribution in [0.5, 0.6) is 0 Å². The van der Waals surface area contributed by atoms with E-state index in [2.05, 4.69) is 18.9 Å². The molecule has 1 aliphatic rings. The first kappa shape index (κ1) is 9.56. The average Bonchev–Trinajstić information content (AvgIpc) is 1.64. The molecule has 1 nitrogen and oxygen atoms in total. The fourth-order valence-electron chi connectivity index (χ4n) is 1.42. The molecule has 0 amide bonds. The Labute approximate surface area is 70.0 Å². The first-order chi connectivity index (χ1) is 3.79. The van der Waals surface area contributed by atoms with E-state index in [9.17, 15) is 0 Å². The molecule has 1 fully saturated rings. The van der Waals surface area contributed by atoms with E-state index >= 15 is 0 Å². The summed E-state index contributed by atoms with van der Waals surface area (Å²) >= 11 is 0. The zero-order chi connectivity index (χ0) is 5.98. The molecular weight excluding hydrogens is 105 g/mol. The van der Waals surface area contributed by atoms with Crippen molar-refractivity contribution in [1.82, 2.24) is 4.90 Å². The summed E-state index contributed by atoms with van der Waals surface area (Å²) in [5.41, 5.74) is 0. The zero-order valence-electron chi connectivity index (χ0n) is 5.85. The second kappa shape index (κ2) is 4.39.